The number of nitrogens with zero attached hydrogens (tertiary/aromatic N) is 3. The van der Waals surface area contributed by atoms with Gasteiger partial charge in [0, 0.05) is 36.8 Å². The summed E-state index contributed by atoms with van der Waals surface area (Å²) in [6.07, 6.45) is 4.19. The molecule has 1 atom stereocenters. The summed E-state index contributed by atoms with van der Waals surface area (Å²) in [5.74, 6) is 1.44. The molecular formula is C16H25BrN4O3S2. The largest absolute Gasteiger partial charge is 0.353 e. The Morgan fingerprint density at radius 2 is 2.04 bits per heavy atom. The van der Waals surface area contributed by atoms with Crippen LogP contribution in [0.3, 0.4) is 0 Å². The number of carbonyl (C=O) groups is 1. The molecule has 26 heavy (non-hydrogen) atoms. The number of carbonyl (C=O) groups excluding carboxylic acids is 1. The van der Waals surface area contributed by atoms with E-state index in [0.29, 0.717) is 32.6 Å². The number of amides is 1. The van der Waals surface area contributed by atoms with Crippen LogP contribution >= 0.6 is 27.7 Å². The first-order valence-corrected chi connectivity index (χ1v) is 12.3. The van der Waals surface area contributed by atoms with Gasteiger partial charge in [0.15, 0.2) is 0 Å². The molecule has 7 nitrogen and oxygen atoms in total. The average molecular weight is 465 g/mol. The van der Waals surface area contributed by atoms with Crippen molar-refractivity contribution in [2.75, 3.05) is 48.8 Å². The maximum Gasteiger partial charge on any atom is 0.240 e. The molecule has 1 unspecified atom stereocenters. The zero-order valence-corrected chi connectivity index (χ0v) is 18.2. The van der Waals surface area contributed by atoms with E-state index in [0.717, 1.165) is 16.0 Å². The molecule has 10 heteroatoms. The molecule has 0 radical (unpaired) electrons. The van der Waals surface area contributed by atoms with E-state index in [-0.39, 0.29) is 11.7 Å². The van der Waals surface area contributed by atoms with Crippen molar-refractivity contribution in [1.82, 2.24) is 14.6 Å². The topological polar surface area (TPSA) is 82.6 Å². The van der Waals surface area contributed by atoms with Crippen LogP contribution < -0.4 is 9.62 Å². The molecule has 1 fully saturated rings. The molecule has 1 amide bonds. The van der Waals surface area contributed by atoms with Gasteiger partial charge in [-0.2, -0.15) is 11.8 Å². The van der Waals surface area contributed by atoms with Gasteiger partial charge in [0.2, 0.25) is 15.9 Å². The third kappa shape index (κ3) is 6.11. The summed E-state index contributed by atoms with van der Waals surface area (Å²) >= 11 is 4.97. The predicted molar refractivity (Wildman–Crippen MR) is 110 cm³/mol. The second kappa shape index (κ2) is 9.91. The fourth-order valence-electron chi connectivity index (χ4n) is 2.70. The number of piperazine rings is 1. The highest BCUT2D eigenvalue weighted by Crippen LogP contribution is 2.17. The minimum atomic E-state index is -3.42. The van der Waals surface area contributed by atoms with Gasteiger partial charge in [0.25, 0.3) is 0 Å². The standard InChI is InChI=1S/C16H25BrN4O3S2/c1-3-26(23,24)19-14(6-11-25-2)16(22)21-9-7-20(8-10-21)15-5-4-13(17)12-18-15/h4-5,12,14,19H,3,6-11H2,1-2H3. The molecule has 0 aromatic carbocycles. The molecule has 2 heterocycles. The van der Waals surface area contributed by atoms with Crippen molar-refractivity contribution in [3.05, 3.63) is 22.8 Å². The fraction of sp³-hybridized carbons (Fsp3) is 0.625. The van der Waals surface area contributed by atoms with E-state index in [9.17, 15) is 13.2 Å². The Labute approximate surface area is 168 Å². The van der Waals surface area contributed by atoms with Crippen molar-refractivity contribution >= 4 is 49.4 Å². The fourth-order valence-corrected chi connectivity index (χ4v) is 4.22. The van der Waals surface area contributed by atoms with Crippen LogP contribution in [-0.4, -0.2) is 74.2 Å². The van der Waals surface area contributed by atoms with E-state index in [4.69, 9.17) is 0 Å². The summed E-state index contributed by atoms with van der Waals surface area (Å²) in [5, 5.41) is 0. The summed E-state index contributed by atoms with van der Waals surface area (Å²) in [4.78, 5) is 21.1. The Bertz CT molecular complexity index is 692. The van der Waals surface area contributed by atoms with Gasteiger partial charge < -0.3 is 9.80 Å². The zero-order chi connectivity index (χ0) is 19.2. The molecule has 1 aliphatic rings. The third-order valence-corrected chi connectivity index (χ3v) is 6.75. The lowest BCUT2D eigenvalue weighted by Crippen LogP contribution is -2.55. The lowest BCUT2D eigenvalue weighted by atomic mass is 10.2. The first-order chi connectivity index (χ1) is 12.4. The summed E-state index contributed by atoms with van der Waals surface area (Å²) in [7, 11) is -3.42. The van der Waals surface area contributed by atoms with Gasteiger partial charge in [-0.1, -0.05) is 0 Å². The highest BCUT2D eigenvalue weighted by molar-refractivity contribution is 9.10. The Hall–Kier alpha value is -0.840. The Morgan fingerprint density at radius 3 is 2.58 bits per heavy atom. The number of nitrogens with one attached hydrogen (secondary N) is 1. The molecule has 2 rings (SSSR count). The summed E-state index contributed by atoms with van der Waals surface area (Å²) in [6.45, 7) is 4.04. The van der Waals surface area contributed by atoms with Gasteiger partial charge in [-0.05, 0) is 53.4 Å². The molecule has 1 saturated heterocycles. The van der Waals surface area contributed by atoms with E-state index in [2.05, 4.69) is 30.5 Å². The van der Waals surface area contributed by atoms with Gasteiger partial charge in [-0.25, -0.2) is 18.1 Å². The van der Waals surface area contributed by atoms with E-state index in [1.165, 1.54) is 0 Å². The number of sulfonamides is 1. The molecule has 0 bridgehead atoms. The van der Waals surface area contributed by atoms with E-state index in [1.807, 2.05) is 18.4 Å². The van der Waals surface area contributed by atoms with Gasteiger partial charge in [-0.15, -0.1) is 0 Å². The number of anilines is 1. The lowest BCUT2D eigenvalue weighted by molar-refractivity contribution is -0.133. The molecular weight excluding hydrogens is 440 g/mol. The van der Waals surface area contributed by atoms with Crippen molar-refractivity contribution in [2.24, 2.45) is 0 Å². The van der Waals surface area contributed by atoms with Crippen molar-refractivity contribution in [1.29, 1.82) is 0 Å². The number of rotatable bonds is 8. The minimum absolute atomic E-state index is 0.0287. The first kappa shape index (κ1) is 21.5. The van der Waals surface area contributed by atoms with E-state index in [1.54, 1.807) is 29.8 Å². The number of pyridine rings is 1. The van der Waals surface area contributed by atoms with Crippen LogP contribution in [0.1, 0.15) is 13.3 Å². The van der Waals surface area contributed by atoms with Crippen molar-refractivity contribution in [3.63, 3.8) is 0 Å². The highest BCUT2D eigenvalue weighted by Gasteiger charge is 2.30. The molecule has 1 aromatic rings. The maximum atomic E-state index is 12.8. The third-order valence-electron chi connectivity index (χ3n) is 4.24. The van der Waals surface area contributed by atoms with Crippen molar-refractivity contribution in [3.8, 4) is 0 Å². The molecule has 0 aliphatic carbocycles. The maximum absolute atomic E-state index is 12.8. The van der Waals surface area contributed by atoms with Gasteiger partial charge in [0.05, 0.1) is 5.75 Å². The minimum Gasteiger partial charge on any atom is -0.353 e. The van der Waals surface area contributed by atoms with Crippen LogP contribution in [0.5, 0.6) is 0 Å². The summed E-state index contributed by atoms with van der Waals surface area (Å²) in [5.41, 5.74) is 0. The second-order valence-electron chi connectivity index (χ2n) is 6.00. The molecule has 1 aromatic heterocycles. The van der Waals surface area contributed by atoms with Crippen LogP contribution in [0.25, 0.3) is 0 Å². The SMILES string of the molecule is CCS(=O)(=O)NC(CCSC)C(=O)N1CCN(c2ccc(Br)cn2)CC1. The van der Waals surface area contributed by atoms with Gasteiger partial charge >= 0.3 is 0 Å². The van der Waals surface area contributed by atoms with Crippen LogP contribution in [0.4, 0.5) is 5.82 Å². The summed E-state index contributed by atoms with van der Waals surface area (Å²) in [6, 6.07) is 3.19. The van der Waals surface area contributed by atoms with Gasteiger partial charge in [0.1, 0.15) is 11.9 Å². The molecule has 0 spiro atoms. The first-order valence-electron chi connectivity index (χ1n) is 8.50. The smallest absolute Gasteiger partial charge is 0.240 e. The number of halogens is 1. The zero-order valence-electron chi connectivity index (χ0n) is 15.0. The average Bonchev–Trinajstić information content (AvgIpc) is 2.65. The van der Waals surface area contributed by atoms with Crippen LogP contribution in [0, 0.1) is 0 Å². The van der Waals surface area contributed by atoms with E-state index >= 15 is 0 Å². The highest BCUT2D eigenvalue weighted by atomic mass is 79.9. The normalized spacial score (nSPS) is 16.6. The Morgan fingerprint density at radius 1 is 1.35 bits per heavy atom. The van der Waals surface area contributed by atoms with Crippen LogP contribution in [-0.2, 0) is 14.8 Å². The number of hydrogen-bond acceptors (Lipinski definition) is 6. The van der Waals surface area contributed by atoms with E-state index < -0.39 is 16.1 Å². The van der Waals surface area contributed by atoms with Crippen LogP contribution in [0.15, 0.2) is 22.8 Å². The Balaban J connectivity index is 1.98. The second-order valence-corrected chi connectivity index (χ2v) is 9.95. The number of hydrogen-bond donors (Lipinski definition) is 1. The quantitative estimate of drug-likeness (QED) is 0.628. The number of thioether (sulfide) groups is 1. The van der Waals surface area contributed by atoms with Gasteiger partial charge in [-0.3, -0.25) is 4.79 Å². The molecule has 1 N–H and O–H groups in total. The number of aromatic nitrogens is 1. The summed E-state index contributed by atoms with van der Waals surface area (Å²) < 4.78 is 27.3. The Kier molecular flexibility index (Phi) is 8.18. The molecule has 1 aliphatic heterocycles. The lowest BCUT2D eigenvalue weighted by Gasteiger charge is -2.37. The van der Waals surface area contributed by atoms with Crippen molar-refractivity contribution in [2.45, 2.75) is 19.4 Å². The van der Waals surface area contributed by atoms with Crippen LogP contribution in [0.2, 0.25) is 0 Å². The van der Waals surface area contributed by atoms with Crippen molar-refractivity contribution < 1.29 is 13.2 Å². The molecule has 146 valence electrons. The molecule has 0 saturated carbocycles. The predicted octanol–water partition coefficient (Wildman–Crippen LogP) is 1.55. The monoisotopic (exact) mass is 464 g/mol.